The van der Waals surface area contributed by atoms with Crippen LogP contribution in [0, 0.1) is 12.8 Å². The van der Waals surface area contributed by atoms with Gasteiger partial charge in [-0.1, -0.05) is 66.9 Å². The van der Waals surface area contributed by atoms with Crippen LogP contribution in [0.1, 0.15) is 36.6 Å². The van der Waals surface area contributed by atoms with E-state index in [9.17, 15) is 14.7 Å². The van der Waals surface area contributed by atoms with E-state index in [0.717, 1.165) is 5.56 Å². The van der Waals surface area contributed by atoms with Crippen molar-refractivity contribution in [2.75, 3.05) is 11.5 Å². The molecule has 7 heteroatoms. The Kier molecular flexibility index (Phi) is 7.20. The van der Waals surface area contributed by atoms with Gasteiger partial charge in [-0.25, -0.2) is 0 Å². The van der Waals surface area contributed by atoms with Gasteiger partial charge in [-0.15, -0.1) is 0 Å². The Balaban J connectivity index is 1.90. The van der Waals surface area contributed by atoms with Crippen molar-refractivity contribution >= 4 is 46.3 Å². The highest BCUT2D eigenvalue weighted by Crippen LogP contribution is 2.43. The van der Waals surface area contributed by atoms with Crippen molar-refractivity contribution in [1.29, 1.82) is 0 Å². The minimum atomic E-state index is -0.866. The molecule has 0 spiro atoms. The number of rotatable bonds is 6. The number of carbonyl (C=O) groups is 2. The summed E-state index contributed by atoms with van der Waals surface area (Å²) >= 11 is 12.2. The highest BCUT2D eigenvalue weighted by molar-refractivity contribution is 6.51. The fourth-order valence-corrected chi connectivity index (χ4v) is 4.25. The standard InChI is InChI=1S/C28H25Cl2NO4/c1-16(2)15-35-21-6-4-5-18(13-21)25-24(26(32)19-9-12-22(29)23(30)14-19)27(33)28(34)31(25)20-10-7-17(3)8-11-20/h4-14,16,25,32H,15H2,1-3H3/b26-24-. The predicted octanol–water partition coefficient (Wildman–Crippen LogP) is 6.96. The molecule has 1 unspecified atom stereocenters. The molecule has 0 aromatic heterocycles. The predicted molar refractivity (Wildman–Crippen MR) is 139 cm³/mol. The molecule has 0 radical (unpaired) electrons. The third-order valence-corrected chi connectivity index (χ3v) is 6.45. The van der Waals surface area contributed by atoms with Gasteiger partial charge >= 0.3 is 0 Å². The van der Waals surface area contributed by atoms with E-state index in [-0.39, 0.29) is 16.4 Å². The number of hydrogen-bond acceptors (Lipinski definition) is 4. The second-order valence-electron chi connectivity index (χ2n) is 8.91. The Morgan fingerprint density at radius 2 is 1.71 bits per heavy atom. The van der Waals surface area contributed by atoms with Gasteiger partial charge in [0.05, 0.1) is 28.3 Å². The average Bonchev–Trinajstić information content (AvgIpc) is 3.10. The number of nitrogens with zero attached hydrogens (tertiary/aromatic N) is 1. The molecule has 1 amide bonds. The summed E-state index contributed by atoms with van der Waals surface area (Å²) < 4.78 is 5.89. The Hall–Kier alpha value is -3.28. The number of Topliss-reactive ketones (excluding diaryl/α,β-unsaturated/α-hetero) is 1. The lowest BCUT2D eigenvalue weighted by Gasteiger charge is -2.26. The minimum absolute atomic E-state index is 0.0324. The van der Waals surface area contributed by atoms with Crippen molar-refractivity contribution in [2.45, 2.75) is 26.8 Å². The SMILES string of the molecule is Cc1ccc(N2C(=O)C(=O)/C(=C(\O)c3ccc(Cl)c(Cl)c3)C2c2cccc(OCC(C)C)c2)cc1. The van der Waals surface area contributed by atoms with Crippen LogP contribution in [0.25, 0.3) is 5.76 Å². The van der Waals surface area contributed by atoms with E-state index in [4.69, 9.17) is 27.9 Å². The minimum Gasteiger partial charge on any atom is -0.507 e. The van der Waals surface area contributed by atoms with Crippen LogP contribution in [0.2, 0.25) is 10.0 Å². The number of carbonyl (C=O) groups excluding carboxylic acids is 2. The van der Waals surface area contributed by atoms with Gasteiger partial charge in [-0.3, -0.25) is 14.5 Å². The van der Waals surface area contributed by atoms with Crippen molar-refractivity contribution in [3.05, 3.63) is 99.0 Å². The molecule has 1 atom stereocenters. The molecular weight excluding hydrogens is 485 g/mol. The molecule has 3 aromatic carbocycles. The van der Waals surface area contributed by atoms with Gasteiger partial charge < -0.3 is 9.84 Å². The van der Waals surface area contributed by atoms with Crippen LogP contribution < -0.4 is 9.64 Å². The number of ketones is 1. The molecule has 0 aliphatic carbocycles. The van der Waals surface area contributed by atoms with Crippen molar-refractivity contribution in [2.24, 2.45) is 5.92 Å². The van der Waals surface area contributed by atoms with Gasteiger partial charge in [0.25, 0.3) is 11.7 Å². The van der Waals surface area contributed by atoms with E-state index in [1.54, 1.807) is 30.3 Å². The number of benzene rings is 3. The Labute approximate surface area is 214 Å². The fraction of sp³-hybridized carbons (Fsp3) is 0.214. The summed E-state index contributed by atoms with van der Waals surface area (Å²) in [5.74, 6) is -0.900. The molecule has 1 heterocycles. The quantitative estimate of drug-likeness (QED) is 0.221. The number of hydrogen-bond donors (Lipinski definition) is 1. The average molecular weight is 510 g/mol. The number of aliphatic hydroxyl groups is 1. The van der Waals surface area contributed by atoms with E-state index in [2.05, 4.69) is 0 Å². The zero-order valence-electron chi connectivity index (χ0n) is 19.6. The maximum Gasteiger partial charge on any atom is 0.300 e. The number of ether oxygens (including phenoxy) is 1. The van der Waals surface area contributed by atoms with E-state index in [1.807, 2.05) is 45.0 Å². The number of amides is 1. The molecule has 1 aliphatic heterocycles. The first kappa shape index (κ1) is 24.8. The van der Waals surface area contributed by atoms with E-state index in [0.29, 0.717) is 40.1 Å². The normalized spacial score (nSPS) is 17.3. The molecule has 0 saturated carbocycles. The lowest BCUT2D eigenvalue weighted by atomic mass is 9.95. The zero-order valence-corrected chi connectivity index (χ0v) is 21.1. The van der Waals surface area contributed by atoms with Crippen LogP contribution in [-0.4, -0.2) is 23.4 Å². The highest BCUT2D eigenvalue weighted by Gasteiger charge is 2.47. The number of aryl methyl sites for hydroxylation is 1. The Morgan fingerprint density at radius 3 is 2.37 bits per heavy atom. The van der Waals surface area contributed by atoms with Gasteiger partial charge in [0.1, 0.15) is 11.5 Å². The molecule has 1 N–H and O–H groups in total. The van der Waals surface area contributed by atoms with Crippen molar-refractivity contribution in [1.82, 2.24) is 0 Å². The zero-order chi connectivity index (χ0) is 25.3. The van der Waals surface area contributed by atoms with Crippen molar-refractivity contribution < 1.29 is 19.4 Å². The first-order valence-corrected chi connectivity index (χ1v) is 12.0. The first-order chi connectivity index (χ1) is 16.7. The molecule has 0 bridgehead atoms. The third kappa shape index (κ3) is 5.07. The van der Waals surface area contributed by atoms with Gasteiger partial charge in [0, 0.05) is 11.3 Å². The van der Waals surface area contributed by atoms with Gasteiger partial charge in [0.15, 0.2) is 0 Å². The Bertz CT molecular complexity index is 1310. The van der Waals surface area contributed by atoms with Crippen LogP contribution in [0.5, 0.6) is 5.75 Å². The van der Waals surface area contributed by atoms with Crippen LogP contribution in [0.4, 0.5) is 5.69 Å². The first-order valence-electron chi connectivity index (χ1n) is 11.2. The maximum absolute atomic E-state index is 13.3. The smallest absolute Gasteiger partial charge is 0.300 e. The number of halogens is 2. The summed E-state index contributed by atoms with van der Waals surface area (Å²) in [5, 5.41) is 11.8. The van der Waals surface area contributed by atoms with E-state index >= 15 is 0 Å². The molecule has 1 fully saturated rings. The summed E-state index contributed by atoms with van der Waals surface area (Å²) in [5.41, 5.74) is 2.45. The fourth-order valence-electron chi connectivity index (χ4n) is 3.96. The van der Waals surface area contributed by atoms with Crippen LogP contribution >= 0.6 is 23.2 Å². The van der Waals surface area contributed by atoms with Crippen LogP contribution in [-0.2, 0) is 9.59 Å². The maximum atomic E-state index is 13.3. The largest absolute Gasteiger partial charge is 0.507 e. The summed E-state index contributed by atoms with van der Waals surface area (Å²) in [7, 11) is 0. The molecule has 1 aliphatic rings. The number of aliphatic hydroxyl groups excluding tert-OH is 1. The van der Waals surface area contributed by atoms with Crippen LogP contribution in [0.15, 0.2) is 72.3 Å². The van der Waals surface area contributed by atoms with Crippen molar-refractivity contribution in [3.63, 3.8) is 0 Å². The highest BCUT2D eigenvalue weighted by atomic mass is 35.5. The molecular formula is C28H25Cl2NO4. The summed E-state index contributed by atoms with van der Waals surface area (Å²) in [4.78, 5) is 28.0. The molecule has 5 nitrogen and oxygen atoms in total. The third-order valence-electron chi connectivity index (χ3n) is 5.71. The van der Waals surface area contributed by atoms with Crippen molar-refractivity contribution in [3.8, 4) is 5.75 Å². The Morgan fingerprint density at radius 1 is 1.00 bits per heavy atom. The number of anilines is 1. The van der Waals surface area contributed by atoms with Crippen LogP contribution in [0.3, 0.4) is 0 Å². The summed E-state index contributed by atoms with van der Waals surface area (Å²) in [6.45, 7) is 6.56. The van der Waals surface area contributed by atoms with E-state index < -0.39 is 17.7 Å². The molecule has 180 valence electrons. The topological polar surface area (TPSA) is 66.8 Å². The molecule has 35 heavy (non-hydrogen) atoms. The molecule has 3 aromatic rings. The second kappa shape index (κ2) is 10.1. The monoisotopic (exact) mass is 509 g/mol. The summed E-state index contributed by atoms with van der Waals surface area (Å²) in [6, 6.07) is 18.2. The summed E-state index contributed by atoms with van der Waals surface area (Å²) in [6.07, 6.45) is 0. The molecule has 1 saturated heterocycles. The van der Waals surface area contributed by atoms with E-state index in [1.165, 1.54) is 17.0 Å². The lowest BCUT2D eigenvalue weighted by Crippen LogP contribution is -2.29. The molecule has 4 rings (SSSR count). The second-order valence-corrected chi connectivity index (χ2v) is 9.73. The van der Waals surface area contributed by atoms with Gasteiger partial charge in [-0.05, 0) is 60.9 Å². The van der Waals surface area contributed by atoms with Gasteiger partial charge in [-0.2, -0.15) is 0 Å². The lowest BCUT2D eigenvalue weighted by molar-refractivity contribution is -0.132. The van der Waals surface area contributed by atoms with Gasteiger partial charge in [0.2, 0.25) is 0 Å².